The predicted octanol–water partition coefficient (Wildman–Crippen LogP) is 10.9. The molecule has 0 saturated carbocycles. The molecule has 0 radical (unpaired) electrons. The highest BCUT2D eigenvalue weighted by atomic mass is 28.4. The van der Waals surface area contributed by atoms with Crippen LogP contribution in [0.1, 0.15) is 141 Å². The van der Waals surface area contributed by atoms with Crippen LogP contribution in [0.4, 0.5) is 4.39 Å². The Morgan fingerprint density at radius 1 is 0.707 bits per heavy atom. The van der Waals surface area contributed by atoms with Gasteiger partial charge in [-0.15, -0.1) is 0 Å². The Kier molecular flexibility index (Phi) is 23.3. The van der Waals surface area contributed by atoms with Crippen molar-refractivity contribution in [2.24, 2.45) is 0 Å². The summed E-state index contributed by atoms with van der Waals surface area (Å²) in [7, 11) is -1.82. The molecule has 0 aliphatic heterocycles. The van der Waals surface area contributed by atoms with E-state index in [1.807, 2.05) is 6.07 Å². The Hall–Kier alpha value is -1.26. The molecule has 41 heavy (non-hydrogen) atoms. The number of benzene rings is 1. The lowest BCUT2D eigenvalue weighted by molar-refractivity contribution is -0.0160. The van der Waals surface area contributed by atoms with Gasteiger partial charge in [-0.2, -0.15) is 5.26 Å². The van der Waals surface area contributed by atoms with Gasteiger partial charge in [0.1, 0.15) is 5.82 Å². The van der Waals surface area contributed by atoms with Crippen LogP contribution in [0, 0.1) is 17.1 Å². The van der Waals surface area contributed by atoms with E-state index in [0.29, 0.717) is 24.3 Å². The second kappa shape index (κ2) is 25.3. The largest absolute Gasteiger partial charge is 0.410 e. The summed E-state index contributed by atoms with van der Waals surface area (Å²) in [5.74, 6) is -0.411. The van der Waals surface area contributed by atoms with Gasteiger partial charge in [0, 0.05) is 6.61 Å². The van der Waals surface area contributed by atoms with E-state index >= 15 is 0 Å². The zero-order valence-corrected chi connectivity index (χ0v) is 28.1. The summed E-state index contributed by atoms with van der Waals surface area (Å²) in [4.78, 5) is 0. The summed E-state index contributed by atoms with van der Waals surface area (Å²) in [5, 5.41) is 9.09. The molecule has 1 rings (SSSR count). The molecule has 1 aromatic rings. The molecule has 0 heterocycles. The summed E-state index contributed by atoms with van der Waals surface area (Å²) in [6.07, 6.45) is 24.0. The Morgan fingerprint density at radius 3 is 1.76 bits per heavy atom. The van der Waals surface area contributed by atoms with Crippen molar-refractivity contribution >= 4 is 8.32 Å². The molecule has 0 saturated heterocycles. The van der Waals surface area contributed by atoms with Crippen LogP contribution in [0.25, 0.3) is 0 Å². The average molecular weight is 592 g/mol. The lowest BCUT2D eigenvalue weighted by Gasteiger charge is -2.29. The van der Waals surface area contributed by atoms with Crippen LogP contribution in [0.5, 0.6) is 0 Å². The van der Waals surface area contributed by atoms with Crippen molar-refractivity contribution in [3.63, 3.8) is 0 Å². The quantitative estimate of drug-likeness (QED) is 0.0718. The number of rotatable bonds is 28. The summed E-state index contributed by atoms with van der Waals surface area (Å²) in [6, 6.07) is 7.45. The maximum absolute atomic E-state index is 13.8. The predicted molar refractivity (Wildman–Crippen MR) is 173 cm³/mol. The number of ether oxygens (including phenoxy) is 2. The van der Waals surface area contributed by atoms with Crippen LogP contribution in [0.3, 0.4) is 0 Å². The summed E-state index contributed by atoms with van der Waals surface area (Å²) in [6.45, 7) is 10.9. The topological polar surface area (TPSA) is 51.5 Å². The highest BCUT2D eigenvalue weighted by Crippen LogP contribution is 2.19. The highest BCUT2D eigenvalue weighted by Gasteiger charge is 2.26. The van der Waals surface area contributed by atoms with Gasteiger partial charge < -0.3 is 13.9 Å². The second-order valence-corrected chi connectivity index (χ2v) is 16.7. The Balaban J connectivity index is 2.17. The van der Waals surface area contributed by atoms with Crippen LogP contribution in [-0.2, 0) is 20.5 Å². The molecule has 0 aliphatic carbocycles. The summed E-state index contributed by atoms with van der Waals surface area (Å²) >= 11 is 0. The van der Waals surface area contributed by atoms with Crippen molar-refractivity contribution in [3.8, 4) is 6.07 Å². The molecule has 4 nitrogen and oxygen atoms in total. The molecule has 1 atom stereocenters. The Labute approximate surface area is 253 Å². The zero-order valence-electron chi connectivity index (χ0n) is 27.1. The van der Waals surface area contributed by atoms with Gasteiger partial charge >= 0.3 is 0 Å². The van der Waals surface area contributed by atoms with E-state index in [-0.39, 0.29) is 12.7 Å². The highest BCUT2D eigenvalue weighted by molar-refractivity contribution is 6.71. The van der Waals surface area contributed by atoms with Crippen LogP contribution in [-0.4, -0.2) is 34.2 Å². The van der Waals surface area contributed by atoms with Gasteiger partial charge in [0.2, 0.25) is 0 Å². The molecule has 6 heteroatoms. The summed E-state index contributed by atoms with van der Waals surface area (Å²) in [5.41, 5.74) is 0.975. The van der Waals surface area contributed by atoms with Crippen LogP contribution in [0.2, 0.25) is 19.1 Å². The monoisotopic (exact) mass is 591 g/mol. The van der Waals surface area contributed by atoms with Gasteiger partial charge in [0.05, 0.1) is 37.6 Å². The van der Waals surface area contributed by atoms with Crippen molar-refractivity contribution in [3.05, 3.63) is 35.1 Å². The fourth-order valence-electron chi connectivity index (χ4n) is 5.30. The normalized spacial score (nSPS) is 12.5. The number of halogens is 1. The van der Waals surface area contributed by atoms with Crippen LogP contribution >= 0.6 is 0 Å². The lowest BCUT2D eigenvalue weighted by atomic mass is 10.0. The van der Waals surface area contributed by atoms with Gasteiger partial charge in [0.15, 0.2) is 8.32 Å². The molecule has 0 bridgehead atoms. The minimum Gasteiger partial charge on any atom is -0.410 e. The van der Waals surface area contributed by atoms with E-state index in [4.69, 9.17) is 19.2 Å². The third-order valence-electron chi connectivity index (χ3n) is 7.72. The first-order valence-corrected chi connectivity index (χ1v) is 20.0. The molecular weight excluding hydrogens is 529 g/mol. The van der Waals surface area contributed by atoms with Crippen LogP contribution in [0.15, 0.2) is 18.2 Å². The molecule has 1 aromatic carbocycles. The van der Waals surface area contributed by atoms with Crippen LogP contribution < -0.4 is 0 Å². The van der Waals surface area contributed by atoms with Crippen molar-refractivity contribution in [2.75, 3.05) is 19.8 Å². The van der Waals surface area contributed by atoms with Crippen molar-refractivity contribution in [2.45, 2.75) is 161 Å². The zero-order chi connectivity index (χ0) is 30.0. The van der Waals surface area contributed by atoms with E-state index in [0.717, 1.165) is 25.5 Å². The smallest absolute Gasteiger partial charge is 0.187 e. The fourth-order valence-corrected chi connectivity index (χ4v) is 7.66. The molecule has 236 valence electrons. The maximum Gasteiger partial charge on any atom is 0.187 e. The molecule has 0 amide bonds. The molecular formula is C35H62FNO3Si. The second-order valence-electron chi connectivity index (χ2n) is 12.5. The van der Waals surface area contributed by atoms with Crippen molar-refractivity contribution in [1.82, 2.24) is 0 Å². The molecule has 0 aliphatic rings. The Bertz CT molecular complexity index is 798. The molecule has 0 unspecified atom stereocenters. The maximum atomic E-state index is 13.8. The minimum absolute atomic E-state index is 0.126. The number of nitriles is 1. The number of nitrogens with zero attached hydrogens (tertiary/aromatic N) is 1. The first-order chi connectivity index (χ1) is 19.9. The first kappa shape index (κ1) is 37.8. The SMILES string of the molecule is CCCCCCCCCCCCCCCCCCOC[C@H](COCc1cc(F)cc(C#N)c1)O[Si](C)(C)CCCC. The third kappa shape index (κ3) is 22.0. The van der Waals surface area contributed by atoms with Gasteiger partial charge in [-0.1, -0.05) is 123 Å². The Morgan fingerprint density at radius 2 is 1.22 bits per heavy atom. The van der Waals surface area contributed by atoms with E-state index in [1.165, 1.54) is 115 Å². The van der Waals surface area contributed by atoms with Gasteiger partial charge in [-0.25, -0.2) is 4.39 Å². The number of hydrogen-bond donors (Lipinski definition) is 0. The minimum atomic E-state index is -1.82. The first-order valence-electron chi connectivity index (χ1n) is 16.9. The molecule has 0 N–H and O–H groups in total. The molecule has 0 fully saturated rings. The summed E-state index contributed by atoms with van der Waals surface area (Å²) < 4.78 is 32.3. The van der Waals surface area contributed by atoms with Gasteiger partial charge in [0.25, 0.3) is 0 Å². The molecule has 0 aromatic heterocycles. The molecule has 0 spiro atoms. The van der Waals surface area contributed by atoms with Crippen molar-refractivity contribution < 1.29 is 18.3 Å². The third-order valence-corrected chi connectivity index (χ3v) is 10.3. The van der Waals surface area contributed by atoms with E-state index in [1.54, 1.807) is 6.07 Å². The lowest BCUT2D eigenvalue weighted by Crippen LogP contribution is -2.39. The van der Waals surface area contributed by atoms with Gasteiger partial charge in [-0.3, -0.25) is 0 Å². The van der Waals surface area contributed by atoms with E-state index in [2.05, 4.69) is 26.9 Å². The standard InChI is InChI=1S/C35H62FNO3Si/c1-5-7-9-10-11-12-13-14-15-16-17-18-19-20-21-22-23-38-30-35(40-41(3,4)24-8-6-2)31-39-29-33-25-32(28-37)26-34(36)27-33/h25-27,35H,5-24,29-31H2,1-4H3/t35-/m1/s1. The van der Waals surface area contributed by atoms with E-state index in [9.17, 15) is 4.39 Å². The number of unbranched alkanes of at least 4 members (excludes halogenated alkanes) is 16. The fraction of sp³-hybridized carbons (Fsp3) is 0.800. The van der Waals surface area contributed by atoms with Crippen molar-refractivity contribution in [1.29, 1.82) is 5.26 Å². The van der Waals surface area contributed by atoms with Gasteiger partial charge in [-0.05, 0) is 49.3 Å². The average Bonchev–Trinajstić information content (AvgIpc) is 2.94. The number of hydrogen-bond acceptors (Lipinski definition) is 4. The van der Waals surface area contributed by atoms with E-state index < -0.39 is 14.1 Å².